The maximum atomic E-state index is 12.8. The van der Waals surface area contributed by atoms with Gasteiger partial charge in [0.25, 0.3) is 5.91 Å². The van der Waals surface area contributed by atoms with Crippen LogP contribution in [-0.2, 0) is 11.2 Å². The summed E-state index contributed by atoms with van der Waals surface area (Å²) in [5, 5.41) is 2.97. The number of amides is 1. The highest BCUT2D eigenvalue weighted by molar-refractivity contribution is 5.94. The molecule has 0 aliphatic heterocycles. The topological polar surface area (TPSA) is 47.6 Å². The summed E-state index contributed by atoms with van der Waals surface area (Å²) in [5.74, 6) is 1.79. The Morgan fingerprint density at radius 3 is 2.25 bits per heavy atom. The van der Waals surface area contributed by atoms with E-state index >= 15 is 0 Å². The molecule has 0 saturated heterocycles. The third kappa shape index (κ3) is 6.61. The second kappa shape index (κ2) is 11.9. The molecule has 0 radical (unpaired) electrons. The van der Waals surface area contributed by atoms with E-state index in [-0.39, 0.29) is 5.91 Å². The van der Waals surface area contributed by atoms with Crippen molar-refractivity contribution in [3.05, 3.63) is 90.0 Å². The van der Waals surface area contributed by atoms with Gasteiger partial charge in [0, 0.05) is 12.1 Å². The van der Waals surface area contributed by atoms with E-state index in [1.165, 1.54) is 5.56 Å². The lowest BCUT2D eigenvalue weighted by Gasteiger charge is -2.21. The van der Waals surface area contributed by atoms with Crippen molar-refractivity contribution in [3.8, 4) is 11.5 Å². The lowest BCUT2D eigenvalue weighted by atomic mass is 9.98. The third-order valence-corrected chi connectivity index (χ3v) is 5.62. The second-order valence-corrected chi connectivity index (χ2v) is 7.96. The molecule has 0 aliphatic carbocycles. The summed E-state index contributed by atoms with van der Waals surface area (Å²) in [7, 11) is 0. The van der Waals surface area contributed by atoms with Crippen LogP contribution in [0.3, 0.4) is 0 Å². The van der Waals surface area contributed by atoms with Gasteiger partial charge in [-0.15, -0.1) is 0 Å². The van der Waals surface area contributed by atoms with Gasteiger partial charge in [0.1, 0.15) is 11.5 Å². The second-order valence-electron chi connectivity index (χ2n) is 7.96. The van der Waals surface area contributed by atoms with Crippen LogP contribution >= 0.6 is 0 Å². The van der Waals surface area contributed by atoms with Crippen LogP contribution in [0, 0.1) is 0 Å². The monoisotopic (exact) mass is 431 g/mol. The van der Waals surface area contributed by atoms with Gasteiger partial charge in [-0.3, -0.25) is 4.79 Å². The van der Waals surface area contributed by atoms with E-state index in [4.69, 9.17) is 9.47 Å². The molecule has 168 valence electrons. The fraction of sp³-hybridized carbons (Fsp3) is 0.321. The van der Waals surface area contributed by atoms with Crippen molar-refractivity contribution in [2.24, 2.45) is 0 Å². The van der Waals surface area contributed by atoms with Gasteiger partial charge in [-0.1, -0.05) is 69.3 Å². The number of hydrogen-bond donors (Lipinski definition) is 1. The molecule has 4 heteroatoms. The minimum Gasteiger partial charge on any atom is -0.493 e. The average Bonchev–Trinajstić information content (AvgIpc) is 2.84. The first-order chi connectivity index (χ1) is 15.6. The van der Waals surface area contributed by atoms with E-state index in [0.717, 1.165) is 35.6 Å². The molecule has 0 saturated carbocycles. The molecule has 3 aromatic carbocycles. The van der Waals surface area contributed by atoms with E-state index in [2.05, 4.69) is 37.4 Å². The van der Waals surface area contributed by atoms with Gasteiger partial charge in [-0.05, 0) is 60.2 Å². The highest BCUT2D eigenvalue weighted by Gasteiger charge is 2.21. The quantitative estimate of drug-likeness (QED) is 0.371. The zero-order valence-electron chi connectivity index (χ0n) is 19.2. The van der Waals surface area contributed by atoms with Gasteiger partial charge >= 0.3 is 0 Å². The van der Waals surface area contributed by atoms with Gasteiger partial charge in [-0.2, -0.15) is 0 Å². The van der Waals surface area contributed by atoms with Crippen molar-refractivity contribution in [2.45, 2.75) is 52.1 Å². The van der Waals surface area contributed by atoms with Gasteiger partial charge in [-0.25, -0.2) is 0 Å². The number of carbonyl (C=O) groups is 1. The molecule has 4 nitrogen and oxygen atoms in total. The number of hydrogen-bond acceptors (Lipinski definition) is 3. The van der Waals surface area contributed by atoms with Crippen LogP contribution in [0.25, 0.3) is 0 Å². The number of nitrogens with one attached hydrogen (secondary N) is 1. The fourth-order valence-electron chi connectivity index (χ4n) is 3.48. The molecule has 3 aromatic rings. The van der Waals surface area contributed by atoms with Crippen molar-refractivity contribution in [1.82, 2.24) is 0 Å². The molecule has 0 bridgehead atoms. The van der Waals surface area contributed by atoms with Crippen molar-refractivity contribution in [1.29, 1.82) is 0 Å². The third-order valence-electron chi connectivity index (χ3n) is 5.62. The SMILES string of the molecule is CCC(Oc1ccccc1C(C)CC)C(=O)Nc1ccc(OCCc2ccccc2)cc1. The lowest BCUT2D eigenvalue weighted by Crippen LogP contribution is -2.32. The summed E-state index contributed by atoms with van der Waals surface area (Å²) in [6.07, 6.45) is 1.90. The van der Waals surface area contributed by atoms with E-state index in [1.807, 2.05) is 67.6 Å². The maximum absolute atomic E-state index is 12.8. The Bertz CT molecular complexity index is 969. The molecule has 2 unspecified atom stereocenters. The lowest BCUT2D eigenvalue weighted by molar-refractivity contribution is -0.122. The summed E-state index contributed by atoms with van der Waals surface area (Å²) in [6.45, 7) is 6.89. The van der Waals surface area contributed by atoms with E-state index < -0.39 is 6.10 Å². The number of benzene rings is 3. The highest BCUT2D eigenvalue weighted by Crippen LogP contribution is 2.29. The molecule has 2 atom stereocenters. The summed E-state index contributed by atoms with van der Waals surface area (Å²) in [5.41, 5.74) is 3.11. The Labute approximate surface area is 191 Å². The van der Waals surface area contributed by atoms with E-state index in [0.29, 0.717) is 18.9 Å². The minimum atomic E-state index is -0.554. The molecule has 0 heterocycles. The Hall–Kier alpha value is -3.27. The van der Waals surface area contributed by atoms with Crippen molar-refractivity contribution in [3.63, 3.8) is 0 Å². The molecule has 0 fully saturated rings. The molecular formula is C28H33NO3. The zero-order chi connectivity index (χ0) is 22.8. The Balaban J connectivity index is 1.55. The summed E-state index contributed by atoms with van der Waals surface area (Å²) >= 11 is 0. The molecule has 0 aromatic heterocycles. The molecule has 3 rings (SSSR count). The predicted molar refractivity (Wildman–Crippen MR) is 131 cm³/mol. The average molecular weight is 432 g/mol. The van der Waals surface area contributed by atoms with Crippen LogP contribution in [0.15, 0.2) is 78.9 Å². The first kappa shape index (κ1) is 23.4. The summed E-state index contributed by atoms with van der Waals surface area (Å²) in [4.78, 5) is 12.8. The number of ether oxygens (including phenoxy) is 2. The fourth-order valence-corrected chi connectivity index (χ4v) is 3.48. The summed E-state index contributed by atoms with van der Waals surface area (Å²) in [6, 6.07) is 25.7. The van der Waals surface area contributed by atoms with Gasteiger partial charge < -0.3 is 14.8 Å². The van der Waals surface area contributed by atoms with Crippen LogP contribution < -0.4 is 14.8 Å². The molecule has 32 heavy (non-hydrogen) atoms. The Morgan fingerprint density at radius 1 is 0.875 bits per heavy atom. The van der Waals surface area contributed by atoms with E-state index in [1.54, 1.807) is 0 Å². The van der Waals surface area contributed by atoms with Crippen LogP contribution in [0.5, 0.6) is 11.5 Å². The molecule has 0 spiro atoms. The zero-order valence-corrected chi connectivity index (χ0v) is 19.2. The predicted octanol–water partition coefficient (Wildman–Crippen LogP) is 6.62. The van der Waals surface area contributed by atoms with Crippen molar-refractivity contribution in [2.75, 3.05) is 11.9 Å². The maximum Gasteiger partial charge on any atom is 0.265 e. The first-order valence-electron chi connectivity index (χ1n) is 11.4. The Morgan fingerprint density at radius 2 is 1.56 bits per heavy atom. The van der Waals surface area contributed by atoms with Crippen molar-refractivity contribution < 1.29 is 14.3 Å². The summed E-state index contributed by atoms with van der Waals surface area (Å²) < 4.78 is 12.0. The first-order valence-corrected chi connectivity index (χ1v) is 11.4. The number of rotatable bonds is 11. The molecule has 1 amide bonds. The van der Waals surface area contributed by atoms with E-state index in [9.17, 15) is 4.79 Å². The number of para-hydroxylation sites is 1. The highest BCUT2D eigenvalue weighted by atomic mass is 16.5. The van der Waals surface area contributed by atoms with Crippen LogP contribution in [-0.4, -0.2) is 18.6 Å². The number of carbonyl (C=O) groups excluding carboxylic acids is 1. The smallest absolute Gasteiger partial charge is 0.265 e. The molecular weight excluding hydrogens is 398 g/mol. The minimum absolute atomic E-state index is 0.149. The largest absolute Gasteiger partial charge is 0.493 e. The van der Waals surface area contributed by atoms with Gasteiger partial charge in [0.2, 0.25) is 0 Å². The Kier molecular flexibility index (Phi) is 8.73. The van der Waals surface area contributed by atoms with Gasteiger partial charge in [0.05, 0.1) is 6.61 Å². The normalized spacial score (nSPS) is 12.6. The standard InChI is InChI=1S/C28H33NO3/c1-4-21(3)25-13-9-10-14-27(25)32-26(5-2)28(30)29-23-15-17-24(18-16-23)31-20-19-22-11-7-6-8-12-22/h6-18,21,26H,4-5,19-20H2,1-3H3,(H,29,30). The number of anilines is 1. The van der Waals surface area contributed by atoms with Gasteiger partial charge in [0.15, 0.2) is 6.10 Å². The molecule has 1 N–H and O–H groups in total. The van der Waals surface area contributed by atoms with Crippen LogP contribution in [0.1, 0.15) is 50.7 Å². The molecule has 0 aliphatic rings. The van der Waals surface area contributed by atoms with Crippen LogP contribution in [0.4, 0.5) is 5.69 Å². The van der Waals surface area contributed by atoms with Crippen molar-refractivity contribution >= 4 is 11.6 Å². The van der Waals surface area contributed by atoms with Crippen LogP contribution in [0.2, 0.25) is 0 Å².